The maximum Gasteiger partial charge on any atom is 0.153 e. The van der Waals surface area contributed by atoms with E-state index < -0.39 is 9.84 Å². The Kier molecular flexibility index (Phi) is 6.25. The number of unbranched alkanes of at least 4 members (excludes halogenated alkanes) is 3. The third-order valence-electron chi connectivity index (χ3n) is 6.38. The van der Waals surface area contributed by atoms with Crippen molar-refractivity contribution in [3.8, 4) is 0 Å². The third-order valence-corrected chi connectivity index (χ3v) is 8.17. The highest BCUT2D eigenvalue weighted by atomic mass is 32.2. The summed E-state index contributed by atoms with van der Waals surface area (Å²) in [6, 6.07) is 1.08. The molecule has 2 heterocycles. The normalized spacial score (nSPS) is 38.8. The van der Waals surface area contributed by atoms with Crippen molar-refractivity contribution in [2.45, 2.75) is 95.2 Å². The van der Waals surface area contributed by atoms with Crippen LogP contribution in [0.2, 0.25) is 0 Å². The zero-order valence-electron chi connectivity index (χ0n) is 15.3. The molecule has 24 heavy (non-hydrogen) atoms. The van der Waals surface area contributed by atoms with E-state index in [0.29, 0.717) is 30.9 Å². The monoisotopic (exact) mass is 357 g/mol. The van der Waals surface area contributed by atoms with Gasteiger partial charge in [-0.3, -0.25) is 0 Å². The summed E-state index contributed by atoms with van der Waals surface area (Å²) in [5.41, 5.74) is -0.385. The van der Waals surface area contributed by atoms with Gasteiger partial charge in [0.2, 0.25) is 0 Å². The van der Waals surface area contributed by atoms with Gasteiger partial charge in [-0.1, -0.05) is 39.0 Å². The van der Waals surface area contributed by atoms with Crippen LogP contribution in [0.3, 0.4) is 0 Å². The SMILES string of the molecule is CCCCCC[C@@H]1CCC[C@@H]1N[C@H]1CCO[C@]2(CCS(=O)(=O)C2)C1. The molecule has 3 aliphatic rings. The summed E-state index contributed by atoms with van der Waals surface area (Å²) in [5, 5.41) is 3.91. The van der Waals surface area contributed by atoms with Gasteiger partial charge in [0.15, 0.2) is 9.84 Å². The summed E-state index contributed by atoms with van der Waals surface area (Å²) in [5.74, 6) is 1.37. The molecule has 1 aliphatic carbocycles. The van der Waals surface area contributed by atoms with Gasteiger partial charge in [-0.15, -0.1) is 0 Å². The Bertz CT molecular complexity index is 507. The highest BCUT2D eigenvalue weighted by Gasteiger charge is 2.47. The fraction of sp³-hybridized carbons (Fsp3) is 1.00. The van der Waals surface area contributed by atoms with E-state index in [9.17, 15) is 8.42 Å². The Hall–Kier alpha value is -0.130. The van der Waals surface area contributed by atoms with Crippen molar-refractivity contribution < 1.29 is 13.2 Å². The Morgan fingerprint density at radius 1 is 1.17 bits per heavy atom. The Labute approximate surface area is 148 Å². The summed E-state index contributed by atoms with van der Waals surface area (Å²) in [4.78, 5) is 0. The van der Waals surface area contributed by atoms with E-state index >= 15 is 0 Å². The molecule has 0 radical (unpaired) electrons. The Morgan fingerprint density at radius 3 is 2.79 bits per heavy atom. The maximum absolute atomic E-state index is 11.9. The van der Waals surface area contributed by atoms with Crippen LogP contribution in [-0.4, -0.2) is 44.2 Å². The lowest BCUT2D eigenvalue weighted by atomic mass is 9.88. The molecule has 2 aliphatic heterocycles. The second-order valence-corrected chi connectivity index (χ2v) is 10.6. The van der Waals surface area contributed by atoms with Crippen molar-refractivity contribution in [2.75, 3.05) is 18.1 Å². The van der Waals surface area contributed by atoms with Crippen LogP contribution in [0.25, 0.3) is 0 Å². The minimum absolute atomic E-state index is 0.239. The van der Waals surface area contributed by atoms with E-state index in [2.05, 4.69) is 12.2 Å². The van der Waals surface area contributed by atoms with E-state index in [1.54, 1.807) is 0 Å². The number of ether oxygens (including phenoxy) is 1. The van der Waals surface area contributed by atoms with Crippen molar-refractivity contribution in [2.24, 2.45) is 5.92 Å². The number of sulfone groups is 1. The fourth-order valence-corrected chi connectivity index (χ4v) is 7.04. The molecule has 0 aromatic heterocycles. The summed E-state index contributed by atoms with van der Waals surface area (Å²) < 4.78 is 29.7. The van der Waals surface area contributed by atoms with Crippen molar-refractivity contribution in [1.29, 1.82) is 0 Å². The molecule has 0 amide bonds. The van der Waals surface area contributed by atoms with Gasteiger partial charge in [0.25, 0.3) is 0 Å². The van der Waals surface area contributed by atoms with Gasteiger partial charge in [-0.2, -0.15) is 0 Å². The first-order valence-electron chi connectivity index (χ1n) is 10.1. The average molecular weight is 358 g/mol. The van der Waals surface area contributed by atoms with Gasteiger partial charge >= 0.3 is 0 Å². The summed E-state index contributed by atoms with van der Waals surface area (Å²) >= 11 is 0. The van der Waals surface area contributed by atoms with Gasteiger partial charge < -0.3 is 10.1 Å². The lowest BCUT2D eigenvalue weighted by molar-refractivity contribution is -0.0721. The number of hydrogen-bond acceptors (Lipinski definition) is 4. The number of hydrogen-bond donors (Lipinski definition) is 1. The maximum atomic E-state index is 11.9. The molecule has 4 atom stereocenters. The summed E-state index contributed by atoms with van der Waals surface area (Å²) in [6.07, 6.45) is 13.4. The lowest BCUT2D eigenvalue weighted by Crippen LogP contribution is -2.51. The molecule has 140 valence electrons. The minimum atomic E-state index is -2.89. The van der Waals surface area contributed by atoms with Crippen LogP contribution in [0.15, 0.2) is 0 Å². The smallest absolute Gasteiger partial charge is 0.153 e. The predicted molar refractivity (Wildman–Crippen MR) is 98.0 cm³/mol. The molecular formula is C19H35NO3S. The molecule has 3 rings (SSSR count). The molecule has 0 aromatic rings. The number of rotatable bonds is 7. The van der Waals surface area contributed by atoms with E-state index in [1.165, 1.54) is 51.4 Å². The minimum Gasteiger partial charge on any atom is -0.374 e. The van der Waals surface area contributed by atoms with Crippen LogP contribution in [-0.2, 0) is 14.6 Å². The second-order valence-electron chi connectivity index (χ2n) is 8.38. The molecule has 0 unspecified atom stereocenters. The largest absolute Gasteiger partial charge is 0.374 e. The van der Waals surface area contributed by atoms with Crippen LogP contribution in [0.4, 0.5) is 0 Å². The van der Waals surface area contributed by atoms with Gasteiger partial charge in [0.05, 0.1) is 17.1 Å². The summed E-state index contributed by atoms with van der Waals surface area (Å²) in [6.45, 7) is 2.98. The molecule has 2 saturated heterocycles. The van der Waals surface area contributed by atoms with Crippen molar-refractivity contribution in [1.82, 2.24) is 5.32 Å². The van der Waals surface area contributed by atoms with E-state index in [4.69, 9.17) is 4.74 Å². The molecule has 5 heteroatoms. The molecule has 1 saturated carbocycles. The zero-order chi connectivity index (χ0) is 17.0. The Balaban J connectivity index is 1.49. The van der Waals surface area contributed by atoms with Crippen LogP contribution >= 0.6 is 0 Å². The average Bonchev–Trinajstić information content (AvgIpc) is 3.08. The quantitative estimate of drug-likeness (QED) is 0.709. The van der Waals surface area contributed by atoms with Gasteiger partial charge in [-0.05, 0) is 44.4 Å². The second kappa shape index (κ2) is 8.05. The first kappa shape index (κ1) is 18.7. The molecule has 3 fully saturated rings. The van der Waals surface area contributed by atoms with Crippen molar-refractivity contribution in [3.63, 3.8) is 0 Å². The fourth-order valence-electron chi connectivity index (χ4n) is 5.07. The molecule has 0 aromatic carbocycles. The van der Waals surface area contributed by atoms with Gasteiger partial charge in [0.1, 0.15) is 0 Å². The van der Waals surface area contributed by atoms with Crippen molar-refractivity contribution >= 4 is 9.84 Å². The van der Waals surface area contributed by atoms with E-state index in [0.717, 1.165) is 18.8 Å². The van der Waals surface area contributed by atoms with Gasteiger partial charge in [-0.25, -0.2) is 8.42 Å². The Morgan fingerprint density at radius 2 is 2.04 bits per heavy atom. The van der Waals surface area contributed by atoms with Crippen LogP contribution in [0.1, 0.15) is 77.6 Å². The molecule has 4 nitrogen and oxygen atoms in total. The topological polar surface area (TPSA) is 55.4 Å². The zero-order valence-corrected chi connectivity index (χ0v) is 16.1. The third kappa shape index (κ3) is 4.73. The highest BCUT2D eigenvalue weighted by Crippen LogP contribution is 2.37. The molecule has 1 N–H and O–H groups in total. The van der Waals surface area contributed by atoms with E-state index in [-0.39, 0.29) is 11.4 Å². The first-order valence-corrected chi connectivity index (χ1v) is 11.9. The standard InChI is InChI=1S/C19H35NO3S/c1-2-3-4-5-7-16-8-6-9-18(16)20-17-10-12-23-19(14-17)11-13-24(21,22)15-19/h16-18,20H,2-15H2,1H3/t16-,17+,18+,19-/m1/s1. The number of nitrogens with one attached hydrogen (secondary N) is 1. The highest BCUT2D eigenvalue weighted by molar-refractivity contribution is 7.91. The van der Waals surface area contributed by atoms with Crippen LogP contribution in [0, 0.1) is 5.92 Å². The van der Waals surface area contributed by atoms with E-state index in [1.807, 2.05) is 0 Å². The molecule has 0 bridgehead atoms. The first-order chi connectivity index (χ1) is 11.5. The molecular weight excluding hydrogens is 322 g/mol. The predicted octanol–water partition coefficient (Wildman–Crippen LogP) is 3.45. The van der Waals surface area contributed by atoms with Crippen LogP contribution in [0.5, 0.6) is 0 Å². The van der Waals surface area contributed by atoms with Crippen LogP contribution < -0.4 is 5.32 Å². The molecule has 1 spiro atoms. The van der Waals surface area contributed by atoms with Gasteiger partial charge in [0, 0.05) is 18.7 Å². The lowest BCUT2D eigenvalue weighted by Gasteiger charge is -2.39. The summed E-state index contributed by atoms with van der Waals surface area (Å²) in [7, 11) is -2.89. The van der Waals surface area contributed by atoms with Crippen molar-refractivity contribution in [3.05, 3.63) is 0 Å².